The Balaban J connectivity index is 4.96. The summed E-state index contributed by atoms with van der Waals surface area (Å²) in [7, 11) is -0.279. The summed E-state index contributed by atoms with van der Waals surface area (Å²) < 4.78 is 14.0. The van der Waals surface area contributed by atoms with E-state index in [1.807, 2.05) is 14.2 Å². The molecule has 0 unspecified atom stereocenters. The summed E-state index contributed by atoms with van der Waals surface area (Å²) in [5, 5.41) is 0. The molecule has 0 N–H and O–H groups in total. The van der Waals surface area contributed by atoms with Crippen LogP contribution in [0.5, 0.6) is 0 Å². The van der Waals surface area contributed by atoms with Gasteiger partial charge in [-0.1, -0.05) is 13.1 Å². The first-order valence-corrected chi connectivity index (χ1v) is 13.1. The van der Waals surface area contributed by atoms with Crippen molar-refractivity contribution in [3.8, 4) is 0 Å². The van der Waals surface area contributed by atoms with Crippen molar-refractivity contribution in [2.45, 2.75) is 39.3 Å². The topological polar surface area (TPSA) is 21.7 Å². The molecule has 0 aliphatic carbocycles. The standard InChI is InChI=1S/C8H24NO2Si3/c1-10-13(5,6)9(12(3)4)14(7,8)11-2/h1-8H3. The van der Waals surface area contributed by atoms with Crippen molar-refractivity contribution < 1.29 is 8.85 Å². The molecule has 3 nitrogen and oxygen atoms in total. The largest absolute Gasteiger partial charge is 0.407 e. The summed E-state index contributed by atoms with van der Waals surface area (Å²) in [6, 6.07) is 0. The Labute approximate surface area is 92.5 Å². The minimum atomic E-state index is -1.71. The van der Waals surface area contributed by atoms with Gasteiger partial charge < -0.3 is 12.7 Å². The van der Waals surface area contributed by atoms with Gasteiger partial charge in [0.2, 0.25) is 0 Å². The Hall–Kier alpha value is 0.531. The molecule has 85 valence electrons. The van der Waals surface area contributed by atoms with E-state index in [0.717, 1.165) is 0 Å². The van der Waals surface area contributed by atoms with Crippen molar-refractivity contribution in [1.82, 2.24) is 3.90 Å². The van der Waals surface area contributed by atoms with E-state index in [2.05, 4.69) is 43.2 Å². The van der Waals surface area contributed by atoms with Crippen LogP contribution in [0, 0.1) is 0 Å². The van der Waals surface area contributed by atoms with Crippen molar-refractivity contribution in [2.24, 2.45) is 0 Å². The summed E-state index contributed by atoms with van der Waals surface area (Å²) in [4.78, 5) is 0. The third kappa shape index (κ3) is 3.28. The smallest absolute Gasteiger partial charge is 0.253 e. The van der Waals surface area contributed by atoms with Crippen LogP contribution in [-0.4, -0.2) is 44.0 Å². The van der Waals surface area contributed by atoms with Crippen LogP contribution in [-0.2, 0) is 8.85 Å². The van der Waals surface area contributed by atoms with Crippen LogP contribution in [0.2, 0.25) is 39.3 Å². The third-order valence-electron chi connectivity index (χ3n) is 2.52. The molecular weight excluding hydrogens is 226 g/mol. The SMILES string of the molecule is CO[Si](C)(C)N([Si](C)C)[Si](C)(C)OC. The number of hydrogen-bond donors (Lipinski definition) is 0. The van der Waals surface area contributed by atoms with Gasteiger partial charge in [0.05, 0.1) is 0 Å². The highest BCUT2D eigenvalue weighted by Crippen LogP contribution is 2.22. The lowest BCUT2D eigenvalue weighted by atomic mass is 11.8. The summed E-state index contributed by atoms with van der Waals surface area (Å²) in [5.41, 5.74) is 0. The molecule has 0 fully saturated rings. The van der Waals surface area contributed by atoms with E-state index in [1.165, 1.54) is 0 Å². The van der Waals surface area contributed by atoms with E-state index >= 15 is 0 Å². The van der Waals surface area contributed by atoms with Crippen LogP contribution in [0.3, 0.4) is 0 Å². The zero-order valence-corrected chi connectivity index (χ0v) is 13.8. The van der Waals surface area contributed by atoms with Crippen molar-refractivity contribution >= 4 is 25.9 Å². The molecule has 1 radical (unpaired) electrons. The first-order valence-electron chi connectivity index (χ1n) is 4.90. The van der Waals surface area contributed by atoms with Gasteiger partial charge in [-0.25, -0.2) is 0 Å². The van der Waals surface area contributed by atoms with Crippen LogP contribution in [0.1, 0.15) is 0 Å². The van der Waals surface area contributed by atoms with E-state index in [4.69, 9.17) is 8.85 Å². The number of nitrogens with zero attached hydrogens (tertiary/aromatic N) is 1. The predicted octanol–water partition coefficient (Wildman–Crippen LogP) is 2.24. The second kappa shape index (κ2) is 5.04. The molecule has 0 spiro atoms. The summed E-state index contributed by atoms with van der Waals surface area (Å²) in [5.74, 6) is 0. The van der Waals surface area contributed by atoms with Crippen LogP contribution in [0.4, 0.5) is 0 Å². The maximum absolute atomic E-state index is 5.69. The summed E-state index contributed by atoms with van der Waals surface area (Å²) in [6.07, 6.45) is 0. The van der Waals surface area contributed by atoms with Crippen molar-refractivity contribution in [1.29, 1.82) is 0 Å². The molecule has 0 aliphatic heterocycles. The van der Waals surface area contributed by atoms with Gasteiger partial charge in [-0.2, -0.15) is 0 Å². The fourth-order valence-electron chi connectivity index (χ4n) is 1.91. The van der Waals surface area contributed by atoms with Crippen LogP contribution in [0.25, 0.3) is 0 Å². The lowest BCUT2D eigenvalue weighted by Crippen LogP contribution is -2.68. The lowest BCUT2D eigenvalue weighted by molar-refractivity contribution is 0.339. The van der Waals surface area contributed by atoms with Gasteiger partial charge in [-0.15, -0.1) is 0 Å². The van der Waals surface area contributed by atoms with Gasteiger partial charge >= 0.3 is 0 Å². The number of rotatable bonds is 5. The number of hydrogen-bond acceptors (Lipinski definition) is 3. The molecule has 0 aromatic heterocycles. The zero-order chi connectivity index (χ0) is 11.6. The zero-order valence-electron chi connectivity index (χ0n) is 10.8. The van der Waals surface area contributed by atoms with Crippen molar-refractivity contribution in [3.63, 3.8) is 0 Å². The van der Waals surface area contributed by atoms with Gasteiger partial charge in [-0.3, -0.25) is 0 Å². The Kier molecular flexibility index (Phi) is 5.23. The van der Waals surface area contributed by atoms with Crippen molar-refractivity contribution in [2.75, 3.05) is 14.2 Å². The second-order valence-electron chi connectivity index (χ2n) is 4.58. The Morgan fingerprint density at radius 2 is 1.14 bits per heavy atom. The average molecular weight is 251 g/mol. The molecule has 0 bridgehead atoms. The van der Waals surface area contributed by atoms with E-state index in [9.17, 15) is 0 Å². The van der Waals surface area contributed by atoms with Gasteiger partial charge in [0.25, 0.3) is 17.0 Å². The third-order valence-corrected chi connectivity index (χ3v) is 16.7. The van der Waals surface area contributed by atoms with Gasteiger partial charge in [-0.05, 0) is 26.2 Å². The molecule has 0 saturated heterocycles. The molecule has 6 heteroatoms. The van der Waals surface area contributed by atoms with Crippen LogP contribution >= 0.6 is 0 Å². The molecule has 0 aromatic rings. The Morgan fingerprint density at radius 1 is 0.857 bits per heavy atom. The van der Waals surface area contributed by atoms with E-state index < -0.39 is 25.9 Å². The fourth-order valence-corrected chi connectivity index (χ4v) is 17.2. The highest BCUT2D eigenvalue weighted by molar-refractivity contribution is 6.95. The van der Waals surface area contributed by atoms with Gasteiger partial charge in [0.15, 0.2) is 0 Å². The molecule has 0 aliphatic rings. The lowest BCUT2D eigenvalue weighted by Gasteiger charge is -2.46. The molecule has 0 saturated carbocycles. The molecular formula is C8H24NO2Si3. The minimum Gasteiger partial charge on any atom is -0.407 e. The Bertz CT molecular complexity index is 169. The average Bonchev–Trinajstić information content (AvgIpc) is 2.02. The molecule has 0 atom stereocenters. The molecule has 0 heterocycles. The quantitative estimate of drug-likeness (QED) is 0.699. The van der Waals surface area contributed by atoms with Crippen LogP contribution in [0.15, 0.2) is 0 Å². The monoisotopic (exact) mass is 250 g/mol. The maximum Gasteiger partial charge on any atom is 0.253 e. The molecule has 0 rings (SSSR count). The highest BCUT2D eigenvalue weighted by atomic mass is 28.5. The maximum atomic E-state index is 5.69. The second-order valence-corrected chi connectivity index (χ2v) is 15.8. The normalized spacial score (nSPS) is 14.1. The van der Waals surface area contributed by atoms with E-state index in [-0.39, 0.29) is 0 Å². The first-order chi connectivity index (χ1) is 6.19. The van der Waals surface area contributed by atoms with Crippen molar-refractivity contribution in [3.05, 3.63) is 0 Å². The van der Waals surface area contributed by atoms with E-state index in [1.54, 1.807) is 0 Å². The predicted molar refractivity (Wildman–Crippen MR) is 68.3 cm³/mol. The van der Waals surface area contributed by atoms with E-state index in [0.29, 0.717) is 0 Å². The van der Waals surface area contributed by atoms with Crippen LogP contribution < -0.4 is 0 Å². The Morgan fingerprint density at radius 3 is 1.29 bits per heavy atom. The first kappa shape index (κ1) is 14.5. The summed E-state index contributed by atoms with van der Waals surface area (Å²) >= 11 is 0. The van der Waals surface area contributed by atoms with Gasteiger partial charge in [0.1, 0.15) is 8.96 Å². The summed E-state index contributed by atoms with van der Waals surface area (Å²) in [6.45, 7) is 13.6. The molecule has 0 amide bonds. The highest BCUT2D eigenvalue weighted by Gasteiger charge is 2.44. The molecule has 0 aromatic carbocycles. The molecule has 14 heavy (non-hydrogen) atoms. The fraction of sp³-hybridized carbons (Fsp3) is 1.00. The van der Waals surface area contributed by atoms with Gasteiger partial charge in [0, 0.05) is 14.2 Å². The minimum absolute atomic E-state index is 0.504.